The molecule has 36 heavy (non-hydrogen) atoms. The van der Waals surface area contributed by atoms with Crippen molar-refractivity contribution in [3.63, 3.8) is 0 Å². The summed E-state index contributed by atoms with van der Waals surface area (Å²) in [6.45, 7) is -0.0237. The van der Waals surface area contributed by atoms with E-state index < -0.39 is 11.6 Å². The molecular weight excluding hydrogens is 482 g/mol. The average Bonchev–Trinajstić information content (AvgIpc) is 3.27. The van der Waals surface area contributed by atoms with Crippen molar-refractivity contribution >= 4 is 34.3 Å². The Morgan fingerprint density at radius 3 is 2.81 bits per heavy atom. The third-order valence-corrected chi connectivity index (χ3v) is 6.94. The summed E-state index contributed by atoms with van der Waals surface area (Å²) in [7, 11) is 0. The van der Waals surface area contributed by atoms with E-state index >= 15 is 0 Å². The minimum atomic E-state index is -0.749. The lowest BCUT2D eigenvalue weighted by Gasteiger charge is -2.19. The Balaban J connectivity index is 1.54. The highest BCUT2D eigenvalue weighted by molar-refractivity contribution is 7.07. The lowest BCUT2D eigenvalue weighted by molar-refractivity contribution is -0.118. The molecule has 2 heterocycles. The molecule has 6 rings (SSSR count). The van der Waals surface area contributed by atoms with Crippen molar-refractivity contribution < 1.29 is 18.3 Å². The fourth-order valence-corrected chi connectivity index (χ4v) is 5.26. The number of fused-ring (bicyclic) bond motifs is 2. The molecule has 180 valence electrons. The third kappa shape index (κ3) is 4.22. The largest absolute Gasteiger partial charge is 0.482 e. The van der Waals surface area contributed by atoms with Gasteiger partial charge in [0, 0.05) is 22.6 Å². The lowest BCUT2D eigenvalue weighted by atomic mass is 9.90. The number of anilines is 1. The zero-order valence-electron chi connectivity index (χ0n) is 19.0. The molecule has 9 heteroatoms. The number of nitrogens with one attached hydrogen (secondary N) is 1. The molecule has 0 fully saturated rings. The predicted octanol–water partition coefficient (Wildman–Crippen LogP) is 5.65. The minimum absolute atomic E-state index is 0.0221. The van der Waals surface area contributed by atoms with E-state index in [9.17, 15) is 13.6 Å². The van der Waals surface area contributed by atoms with Crippen molar-refractivity contribution in [3.05, 3.63) is 93.6 Å². The molecule has 6 nitrogen and oxygen atoms in total. The van der Waals surface area contributed by atoms with E-state index in [1.54, 1.807) is 10.7 Å². The first-order chi connectivity index (χ1) is 17.5. The molecule has 1 aromatic heterocycles. The lowest BCUT2D eigenvalue weighted by Crippen LogP contribution is -2.25. The first-order valence-electron chi connectivity index (χ1n) is 11.5. The summed E-state index contributed by atoms with van der Waals surface area (Å²) < 4.78 is 35.1. The molecule has 0 radical (unpaired) electrons. The number of carbonyl (C=O) groups excluding carboxylic acids is 1. The van der Waals surface area contributed by atoms with Gasteiger partial charge < -0.3 is 10.1 Å². The van der Waals surface area contributed by atoms with Crippen LogP contribution in [-0.4, -0.2) is 22.9 Å². The molecule has 0 saturated carbocycles. The van der Waals surface area contributed by atoms with Gasteiger partial charge in [-0.15, -0.1) is 11.3 Å². The van der Waals surface area contributed by atoms with E-state index in [1.807, 2.05) is 29.6 Å². The van der Waals surface area contributed by atoms with E-state index in [-0.39, 0.29) is 18.2 Å². The van der Waals surface area contributed by atoms with Gasteiger partial charge in [0.1, 0.15) is 17.3 Å². The van der Waals surface area contributed by atoms with Crippen LogP contribution in [0.1, 0.15) is 24.0 Å². The van der Waals surface area contributed by atoms with Gasteiger partial charge in [-0.25, -0.2) is 18.4 Å². The fourth-order valence-electron chi connectivity index (χ4n) is 4.41. The maximum atomic E-state index is 14.5. The van der Waals surface area contributed by atoms with E-state index in [2.05, 4.69) is 22.4 Å². The van der Waals surface area contributed by atoms with Crippen molar-refractivity contribution in [3.8, 4) is 17.0 Å². The quantitative estimate of drug-likeness (QED) is 0.394. The number of carbonyl (C=O) groups is 1. The Labute approximate surface area is 209 Å². The van der Waals surface area contributed by atoms with Gasteiger partial charge >= 0.3 is 0 Å². The molecule has 1 aliphatic carbocycles. The Morgan fingerprint density at radius 1 is 1.03 bits per heavy atom. The topological polar surface area (TPSA) is 68.0 Å². The average molecular weight is 503 g/mol. The van der Waals surface area contributed by atoms with Gasteiger partial charge in [0.25, 0.3) is 5.91 Å². The van der Waals surface area contributed by atoms with E-state index in [1.165, 1.54) is 29.0 Å². The Morgan fingerprint density at radius 2 is 1.92 bits per heavy atom. The van der Waals surface area contributed by atoms with Crippen molar-refractivity contribution in [1.82, 2.24) is 4.68 Å². The zero-order valence-corrected chi connectivity index (χ0v) is 19.8. The summed E-state index contributed by atoms with van der Waals surface area (Å²) in [5, 5.41) is 9.71. The highest BCUT2D eigenvalue weighted by Crippen LogP contribution is 2.33. The molecule has 1 N–H and O–H groups in total. The van der Waals surface area contributed by atoms with Crippen LogP contribution in [0.2, 0.25) is 0 Å². The fraction of sp³-hybridized carbons (Fsp3) is 0.148. The smallest absolute Gasteiger partial charge is 0.262 e. The highest BCUT2D eigenvalue weighted by Gasteiger charge is 2.20. The Bertz CT molecular complexity index is 1610. The number of rotatable bonds is 3. The SMILES string of the molecule is O=C1COc2ccc(-c3csc(=Nc4ccc(F)cc4F)n3N=C3CCCc4ccccc43)cc2N1. The monoisotopic (exact) mass is 502 g/mol. The second-order valence-corrected chi connectivity index (χ2v) is 9.36. The molecule has 0 atom stereocenters. The number of halogens is 2. The normalized spacial score (nSPS) is 16.3. The van der Waals surface area contributed by atoms with E-state index in [4.69, 9.17) is 9.84 Å². The number of amides is 1. The molecular formula is C27H20F2N4O2S. The molecule has 3 aromatic carbocycles. The molecule has 0 unspecified atom stereocenters. The zero-order chi connectivity index (χ0) is 24.6. The van der Waals surface area contributed by atoms with Crippen LogP contribution in [-0.2, 0) is 11.2 Å². The van der Waals surface area contributed by atoms with Crippen LogP contribution < -0.4 is 14.9 Å². The number of nitrogens with zero attached hydrogens (tertiary/aromatic N) is 3. The van der Waals surface area contributed by atoms with Crippen LogP contribution >= 0.6 is 11.3 Å². The third-order valence-electron chi connectivity index (χ3n) is 6.13. The molecule has 2 aliphatic rings. The molecule has 4 aromatic rings. The summed E-state index contributed by atoms with van der Waals surface area (Å²) in [5.41, 5.74) is 5.32. The van der Waals surface area contributed by atoms with Crippen LogP contribution in [0.3, 0.4) is 0 Å². The van der Waals surface area contributed by atoms with Gasteiger partial charge in [-0.3, -0.25) is 4.79 Å². The maximum absolute atomic E-state index is 14.5. The summed E-state index contributed by atoms with van der Waals surface area (Å²) in [6, 6.07) is 17.0. The molecule has 1 aliphatic heterocycles. The predicted molar refractivity (Wildman–Crippen MR) is 135 cm³/mol. The maximum Gasteiger partial charge on any atom is 0.262 e. The van der Waals surface area contributed by atoms with Crippen LogP contribution in [0.15, 0.2) is 76.1 Å². The van der Waals surface area contributed by atoms with Gasteiger partial charge in [0.2, 0.25) is 4.80 Å². The summed E-state index contributed by atoms with van der Waals surface area (Å²) in [5.74, 6) is -1.05. The first kappa shape index (κ1) is 22.4. The Hall–Kier alpha value is -4.11. The number of thiazole rings is 1. The summed E-state index contributed by atoms with van der Waals surface area (Å²) in [4.78, 5) is 16.8. The van der Waals surface area contributed by atoms with Crippen molar-refractivity contribution in [2.45, 2.75) is 19.3 Å². The molecule has 0 saturated heterocycles. The number of hydrogen-bond acceptors (Lipinski definition) is 5. The van der Waals surface area contributed by atoms with Gasteiger partial charge in [-0.05, 0) is 55.2 Å². The number of hydrogen-bond donors (Lipinski definition) is 1. The highest BCUT2D eigenvalue weighted by atomic mass is 32.1. The van der Waals surface area contributed by atoms with Crippen molar-refractivity contribution in [1.29, 1.82) is 0 Å². The van der Waals surface area contributed by atoms with Gasteiger partial charge in [0.05, 0.1) is 17.1 Å². The minimum Gasteiger partial charge on any atom is -0.482 e. The summed E-state index contributed by atoms with van der Waals surface area (Å²) in [6.07, 6.45) is 2.74. The van der Waals surface area contributed by atoms with Crippen LogP contribution in [0.4, 0.5) is 20.2 Å². The standard InChI is InChI=1S/C27H20F2N4O2S/c28-18-9-10-22(20(29)13-18)31-27-33(32-21-7-3-5-16-4-1-2-6-19(16)21)24(15-36-27)17-8-11-25-23(12-17)30-26(34)14-35-25/h1-2,4,6,8-13,15H,3,5,7,14H2,(H,30,34). The molecule has 0 spiro atoms. The molecule has 0 bridgehead atoms. The van der Waals surface area contributed by atoms with E-state index in [0.717, 1.165) is 47.9 Å². The number of ether oxygens (including phenoxy) is 1. The van der Waals surface area contributed by atoms with Gasteiger partial charge in [-0.2, -0.15) is 5.10 Å². The van der Waals surface area contributed by atoms with Crippen LogP contribution in [0.5, 0.6) is 5.75 Å². The number of aromatic nitrogens is 1. The van der Waals surface area contributed by atoms with Gasteiger partial charge in [0.15, 0.2) is 12.4 Å². The first-order valence-corrected chi connectivity index (χ1v) is 12.4. The second-order valence-electron chi connectivity index (χ2n) is 8.53. The van der Waals surface area contributed by atoms with Crippen molar-refractivity contribution in [2.24, 2.45) is 10.1 Å². The van der Waals surface area contributed by atoms with Crippen molar-refractivity contribution in [2.75, 3.05) is 11.9 Å². The number of benzene rings is 3. The van der Waals surface area contributed by atoms with Gasteiger partial charge in [-0.1, -0.05) is 24.3 Å². The van der Waals surface area contributed by atoms with E-state index in [0.29, 0.717) is 16.2 Å². The Kier molecular flexibility index (Phi) is 5.69. The number of aryl methyl sites for hydroxylation is 1. The molecule has 1 amide bonds. The van der Waals surface area contributed by atoms with Crippen LogP contribution in [0.25, 0.3) is 11.3 Å². The van der Waals surface area contributed by atoms with Crippen LogP contribution in [0, 0.1) is 11.6 Å². The summed E-state index contributed by atoms with van der Waals surface area (Å²) >= 11 is 1.30. The second kappa shape index (κ2) is 9.16.